The van der Waals surface area contributed by atoms with Crippen LogP contribution in [-0.4, -0.2) is 14.1 Å². The Labute approximate surface area is 100 Å². The maximum Gasteiger partial charge on any atom is 0.261 e. The van der Waals surface area contributed by atoms with Crippen LogP contribution in [-0.2, 0) is 0 Å². The molecule has 2 aliphatic rings. The normalized spacial score (nSPS) is 38.6. The molecule has 0 radical (unpaired) electrons. The van der Waals surface area contributed by atoms with Gasteiger partial charge >= 0.3 is 0 Å². The first-order chi connectivity index (χ1) is 7.24. The zero-order valence-corrected chi connectivity index (χ0v) is 12.0. The van der Waals surface area contributed by atoms with Crippen LogP contribution < -0.4 is 0 Å². The van der Waals surface area contributed by atoms with Crippen molar-refractivity contribution in [2.75, 3.05) is 0 Å². The van der Waals surface area contributed by atoms with Crippen molar-refractivity contribution in [3.63, 3.8) is 0 Å². The highest BCUT2D eigenvalue weighted by Crippen LogP contribution is 2.53. The van der Waals surface area contributed by atoms with Crippen LogP contribution >= 0.6 is 0 Å². The van der Waals surface area contributed by atoms with Crippen LogP contribution in [0.2, 0.25) is 15.8 Å². The number of fused-ring (bicyclic) bond motifs is 2. The summed E-state index contributed by atoms with van der Waals surface area (Å²) in [6.07, 6.45) is 6.36. The summed E-state index contributed by atoms with van der Waals surface area (Å²) in [5.74, 6) is 4.49. The number of hydrogen-bond donors (Lipinski definition) is 0. The average Bonchev–Trinajstić information content (AvgIpc) is 2.78. The van der Waals surface area contributed by atoms with Gasteiger partial charge in [-0.1, -0.05) is 43.0 Å². The molecule has 15 heavy (non-hydrogen) atoms. The van der Waals surface area contributed by atoms with Gasteiger partial charge in [-0.15, -0.1) is 0 Å². The van der Waals surface area contributed by atoms with E-state index in [1.54, 1.807) is 31.0 Å². The minimum Gasteiger partial charge on any atom is -0.0967 e. The monoisotopic (exact) mass is 222 g/mol. The molecule has 2 saturated carbocycles. The van der Waals surface area contributed by atoms with Gasteiger partial charge in [0.1, 0.15) is 0 Å². The van der Waals surface area contributed by atoms with Crippen molar-refractivity contribution in [1.29, 1.82) is 0 Å². The van der Waals surface area contributed by atoms with Gasteiger partial charge in [-0.2, -0.15) is 0 Å². The van der Waals surface area contributed by atoms with E-state index in [9.17, 15) is 0 Å². The van der Waals surface area contributed by atoms with E-state index in [0.717, 1.165) is 23.7 Å². The second kappa shape index (κ2) is 5.24. The number of hydrogen-bond acceptors (Lipinski definition) is 0. The lowest BCUT2D eigenvalue weighted by Gasteiger charge is -2.26. The Hall–Kier alpha value is 0.532. The van der Waals surface area contributed by atoms with E-state index in [0.29, 0.717) is 0 Å². The Morgan fingerprint density at radius 2 is 1.73 bits per heavy atom. The topological polar surface area (TPSA) is 0 Å². The summed E-state index contributed by atoms with van der Waals surface area (Å²) in [4.78, 5) is 0. The summed E-state index contributed by atoms with van der Waals surface area (Å²) in [7, 11) is 0. The third-order valence-electron chi connectivity index (χ3n) is 5.46. The van der Waals surface area contributed by atoms with Crippen LogP contribution in [0.5, 0.6) is 0 Å². The molecule has 0 saturated heterocycles. The highest BCUT2D eigenvalue weighted by atomic mass is 27.2. The number of rotatable bonds is 5. The van der Waals surface area contributed by atoms with Crippen LogP contribution in [0.25, 0.3) is 0 Å². The van der Waals surface area contributed by atoms with Crippen molar-refractivity contribution >= 4 is 14.1 Å². The van der Waals surface area contributed by atoms with Gasteiger partial charge in [0.2, 0.25) is 0 Å². The molecular weight excluding hydrogens is 195 g/mol. The summed E-state index contributed by atoms with van der Waals surface area (Å²) >= 11 is -0.288. The molecule has 0 aromatic carbocycles. The molecule has 0 unspecified atom stereocenters. The molecule has 0 aromatic heterocycles. The van der Waals surface area contributed by atoms with Gasteiger partial charge in [0.15, 0.2) is 0 Å². The van der Waals surface area contributed by atoms with Gasteiger partial charge in [-0.3, -0.25) is 0 Å². The molecule has 0 spiro atoms. The molecule has 0 nitrogen and oxygen atoms in total. The molecule has 0 aliphatic heterocycles. The van der Waals surface area contributed by atoms with Crippen LogP contribution in [0, 0.1) is 23.7 Å². The highest BCUT2D eigenvalue weighted by Gasteiger charge is 2.43. The molecule has 86 valence electrons. The fourth-order valence-corrected chi connectivity index (χ4v) is 6.48. The molecule has 2 fully saturated rings. The van der Waals surface area contributed by atoms with Crippen LogP contribution in [0.15, 0.2) is 0 Å². The lowest BCUT2D eigenvalue weighted by molar-refractivity contribution is 0.265. The van der Waals surface area contributed by atoms with Gasteiger partial charge in [0, 0.05) is 0 Å². The minimum atomic E-state index is -0.288. The van der Waals surface area contributed by atoms with Crippen molar-refractivity contribution in [1.82, 2.24) is 0 Å². The van der Waals surface area contributed by atoms with E-state index in [1.807, 2.05) is 0 Å². The lowest BCUT2D eigenvalue weighted by Crippen LogP contribution is -2.18. The largest absolute Gasteiger partial charge is 0.261 e. The Balaban J connectivity index is 1.73. The summed E-state index contributed by atoms with van der Waals surface area (Å²) in [5.41, 5.74) is 0. The van der Waals surface area contributed by atoms with Crippen molar-refractivity contribution < 1.29 is 0 Å². The van der Waals surface area contributed by atoms with E-state index >= 15 is 0 Å². The molecular formula is C14H27Al. The molecule has 4 atom stereocenters. The van der Waals surface area contributed by atoms with Crippen molar-refractivity contribution in [3.05, 3.63) is 0 Å². The lowest BCUT2D eigenvalue weighted by atomic mass is 9.82. The predicted molar refractivity (Wildman–Crippen MR) is 69.6 cm³/mol. The quantitative estimate of drug-likeness (QED) is 0.597. The fourth-order valence-electron chi connectivity index (χ4n) is 4.18. The minimum absolute atomic E-state index is 0.288. The standard InChI is InChI=1S/C10H17.2C2H5.Al/c1-3-8-5-9-6-10(8)4-7(9)2;2*1-2;/h7-10H,1,3-6H2,2H3;2*1H2,2H3;/t7-,8+,9+,10+;;;/m0.../s1. The molecule has 0 aromatic rings. The Morgan fingerprint density at radius 1 is 1.00 bits per heavy atom. The van der Waals surface area contributed by atoms with E-state index in [1.165, 1.54) is 10.6 Å². The van der Waals surface area contributed by atoms with Crippen LogP contribution in [0.3, 0.4) is 0 Å². The third kappa shape index (κ3) is 2.62. The van der Waals surface area contributed by atoms with Crippen LogP contribution in [0.1, 0.15) is 46.5 Å². The Kier molecular flexibility index (Phi) is 4.19. The summed E-state index contributed by atoms with van der Waals surface area (Å²) in [6, 6.07) is 0. The van der Waals surface area contributed by atoms with Crippen molar-refractivity contribution in [2.24, 2.45) is 23.7 Å². The van der Waals surface area contributed by atoms with Crippen molar-refractivity contribution in [2.45, 2.75) is 62.3 Å². The molecule has 2 bridgehead atoms. The summed E-state index contributed by atoms with van der Waals surface area (Å²) < 4.78 is 0. The second-order valence-corrected chi connectivity index (χ2v) is 10.2. The summed E-state index contributed by atoms with van der Waals surface area (Å²) in [5, 5.41) is 4.72. The maximum absolute atomic E-state index is 2.48. The van der Waals surface area contributed by atoms with E-state index in [-0.39, 0.29) is 14.1 Å². The van der Waals surface area contributed by atoms with Gasteiger partial charge in [0.05, 0.1) is 0 Å². The molecule has 2 aliphatic carbocycles. The predicted octanol–water partition coefficient (Wildman–Crippen LogP) is 4.59. The SMILES string of the molecule is C[CH2][Al]([CH2]C)[CH2]C[C@@H]1C[C@@H]2C[C@H]1C[C@@H]2C. The molecule has 0 N–H and O–H groups in total. The molecule has 1 heteroatoms. The zero-order chi connectivity index (χ0) is 10.8. The van der Waals surface area contributed by atoms with Crippen molar-refractivity contribution in [3.8, 4) is 0 Å². The Bertz CT molecular complexity index is 196. The van der Waals surface area contributed by atoms with Gasteiger partial charge in [0.25, 0.3) is 14.1 Å². The first-order valence-corrected chi connectivity index (χ1v) is 9.69. The molecule has 0 heterocycles. The second-order valence-electron chi connectivity index (χ2n) is 6.22. The first-order valence-electron chi connectivity index (χ1n) is 7.24. The van der Waals surface area contributed by atoms with Gasteiger partial charge < -0.3 is 0 Å². The van der Waals surface area contributed by atoms with Gasteiger partial charge in [-0.25, -0.2) is 0 Å². The fraction of sp³-hybridized carbons (Fsp3) is 1.00. The first kappa shape index (κ1) is 12.0. The maximum atomic E-state index is 2.48. The molecule has 0 amide bonds. The smallest absolute Gasteiger partial charge is 0.0967 e. The van der Waals surface area contributed by atoms with Crippen LogP contribution in [0.4, 0.5) is 0 Å². The van der Waals surface area contributed by atoms with E-state index < -0.39 is 0 Å². The average molecular weight is 222 g/mol. The van der Waals surface area contributed by atoms with E-state index in [4.69, 9.17) is 0 Å². The zero-order valence-electron chi connectivity index (χ0n) is 10.8. The molecule has 2 rings (SSSR count). The van der Waals surface area contributed by atoms with Gasteiger partial charge in [-0.05, 0) is 42.9 Å². The van der Waals surface area contributed by atoms with E-state index in [2.05, 4.69) is 20.8 Å². The Morgan fingerprint density at radius 3 is 2.20 bits per heavy atom. The summed E-state index contributed by atoms with van der Waals surface area (Å²) in [6.45, 7) is 7.32. The third-order valence-corrected chi connectivity index (χ3v) is 8.92. The highest BCUT2D eigenvalue weighted by molar-refractivity contribution is 6.58.